The third kappa shape index (κ3) is 2.83. The van der Waals surface area contributed by atoms with Gasteiger partial charge in [0.1, 0.15) is 0 Å². The minimum Gasteiger partial charge on any atom is -0.468 e. The molecular formula is C14H16O4. The Hall–Kier alpha value is -1.97. The van der Waals surface area contributed by atoms with Gasteiger partial charge in [-0.3, -0.25) is 14.4 Å². The molecule has 0 amide bonds. The molecule has 0 saturated heterocycles. The van der Waals surface area contributed by atoms with Crippen LogP contribution in [0.15, 0.2) is 18.2 Å². The van der Waals surface area contributed by atoms with Crippen molar-refractivity contribution in [1.82, 2.24) is 0 Å². The SMILES string of the molecule is COC(=O)[C@@H](C(C)=O)C(=O)c1ccc(C)c(C)c1. The molecule has 0 aliphatic heterocycles. The largest absolute Gasteiger partial charge is 0.468 e. The van der Waals surface area contributed by atoms with Gasteiger partial charge in [-0.25, -0.2) is 0 Å². The molecule has 4 heteroatoms. The maximum absolute atomic E-state index is 12.1. The maximum Gasteiger partial charge on any atom is 0.324 e. The van der Waals surface area contributed by atoms with Crippen LogP contribution in [0.1, 0.15) is 28.4 Å². The zero-order valence-corrected chi connectivity index (χ0v) is 10.9. The minimum atomic E-state index is -1.36. The number of rotatable bonds is 4. The molecule has 0 bridgehead atoms. The topological polar surface area (TPSA) is 60.4 Å². The molecule has 1 aromatic carbocycles. The summed E-state index contributed by atoms with van der Waals surface area (Å²) in [6.45, 7) is 5.00. The first-order chi connectivity index (χ1) is 8.38. The van der Waals surface area contributed by atoms with Crippen LogP contribution in [0.5, 0.6) is 0 Å². The van der Waals surface area contributed by atoms with E-state index in [1.165, 1.54) is 6.92 Å². The Balaban J connectivity index is 3.14. The molecule has 0 saturated carbocycles. The Morgan fingerprint density at radius 3 is 2.17 bits per heavy atom. The van der Waals surface area contributed by atoms with E-state index in [1.54, 1.807) is 18.2 Å². The van der Waals surface area contributed by atoms with Gasteiger partial charge in [0.2, 0.25) is 0 Å². The van der Waals surface area contributed by atoms with Crippen LogP contribution in [-0.2, 0) is 14.3 Å². The first kappa shape index (κ1) is 14.1. The van der Waals surface area contributed by atoms with E-state index in [2.05, 4.69) is 4.74 Å². The fourth-order valence-electron chi connectivity index (χ4n) is 1.64. The summed E-state index contributed by atoms with van der Waals surface area (Å²) in [5.41, 5.74) is 2.33. The Morgan fingerprint density at radius 2 is 1.72 bits per heavy atom. The lowest BCUT2D eigenvalue weighted by atomic mass is 9.92. The third-order valence-corrected chi connectivity index (χ3v) is 2.90. The Morgan fingerprint density at radius 1 is 1.11 bits per heavy atom. The first-order valence-corrected chi connectivity index (χ1v) is 5.58. The highest BCUT2D eigenvalue weighted by Crippen LogP contribution is 2.16. The number of ketones is 2. The van der Waals surface area contributed by atoms with Crippen LogP contribution in [0.25, 0.3) is 0 Å². The van der Waals surface area contributed by atoms with Gasteiger partial charge in [-0.1, -0.05) is 12.1 Å². The number of aryl methyl sites for hydroxylation is 2. The molecule has 0 aliphatic rings. The van der Waals surface area contributed by atoms with E-state index < -0.39 is 23.5 Å². The monoisotopic (exact) mass is 248 g/mol. The van der Waals surface area contributed by atoms with Gasteiger partial charge in [0, 0.05) is 5.56 Å². The number of hydrogen-bond acceptors (Lipinski definition) is 4. The third-order valence-electron chi connectivity index (χ3n) is 2.90. The number of benzene rings is 1. The van der Waals surface area contributed by atoms with Crippen molar-refractivity contribution in [1.29, 1.82) is 0 Å². The van der Waals surface area contributed by atoms with Crippen LogP contribution in [0.2, 0.25) is 0 Å². The van der Waals surface area contributed by atoms with Gasteiger partial charge < -0.3 is 4.74 Å². The van der Waals surface area contributed by atoms with Crippen LogP contribution >= 0.6 is 0 Å². The number of carbonyl (C=O) groups is 3. The second-order valence-electron chi connectivity index (χ2n) is 4.23. The molecule has 0 aromatic heterocycles. The van der Waals surface area contributed by atoms with E-state index >= 15 is 0 Å². The second-order valence-corrected chi connectivity index (χ2v) is 4.23. The fourth-order valence-corrected chi connectivity index (χ4v) is 1.64. The van der Waals surface area contributed by atoms with Gasteiger partial charge in [-0.2, -0.15) is 0 Å². The molecular weight excluding hydrogens is 232 g/mol. The molecule has 0 spiro atoms. The number of ether oxygens (including phenoxy) is 1. The summed E-state index contributed by atoms with van der Waals surface area (Å²) in [4.78, 5) is 35.0. The fraction of sp³-hybridized carbons (Fsp3) is 0.357. The van der Waals surface area contributed by atoms with Gasteiger partial charge in [0.15, 0.2) is 17.5 Å². The molecule has 0 radical (unpaired) electrons. The zero-order valence-electron chi connectivity index (χ0n) is 10.9. The Labute approximate surface area is 106 Å². The van der Waals surface area contributed by atoms with Crippen LogP contribution < -0.4 is 0 Å². The average molecular weight is 248 g/mol. The summed E-state index contributed by atoms with van der Waals surface area (Å²) in [7, 11) is 1.16. The lowest BCUT2D eigenvalue weighted by Gasteiger charge is -2.11. The first-order valence-electron chi connectivity index (χ1n) is 5.58. The van der Waals surface area contributed by atoms with Gasteiger partial charge in [0.05, 0.1) is 7.11 Å². The zero-order chi connectivity index (χ0) is 13.9. The average Bonchev–Trinajstić information content (AvgIpc) is 2.32. The standard InChI is InChI=1S/C14H16O4/c1-8-5-6-11(7-9(8)2)13(16)12(10(3)15)14(17)18-4/h5-7,12H,1-4H3/t12-/m0/s1. The molecule has 0 heterocycles. The lowest BCUT2D eigenvalue weighted by molar-refractivity contribution is -0.146. The van der Waals surface area contributed by atoms with Gasteiger partial charge >= 0.3 is 5.97 Å². The van der Waals surface area contributed by atoms with Crippen LogP contribution in [-0.4, -0.2) is 24.6 Å². The van der Waals surface area contributed by atoms with Crippen molar-refractivity contribution in [3.05, 3.63) is 34.9 Å². The summed E-state index contributed by atoms with van der Waals surface area (Å²) in [6.07, 6.45) is 0. The van der Waals surface area contributed by atoms with E-state index in [-0.39, 0.29) is 0 Å². The minimum absolute atomic E-state index is 0.351. The van der Waals surface area contributed by atoms with Crippen LogP contribution in [0.3, 0.4) is 0 Å². The van der Waals surface area contributed by atoms with E-state index in [9.17, 15) is 14.4 Å². The molecule has 1 rings (SSSR count). The summed E-state index contributed by atoms with van der Waals surface area (Å²) in [6, 6.07) is 5.08. The number of Topliss-reactive ketones (excluding diaryl/α,β-unsaturated/α-hetero) is 2. The Kier molecular flexibility index (Phi) is 4.37. The van der Waals surface area contributed by atoms with Gasteiger partial charge in [-0.05, 0) is 38.0 Å². The van der Waals surface area contributed by atoms with Crippen molar-refractivity contribution in [3.8, 4) is 0 Å². The van der Waals surface area contributed by atoms with Crippen molar-refractivity contribution in [2.45, 2.75) is 20.8 Å². The van der Waals surface area contributed by atoms with E-state index in [0.29, 0.717) is 5.56 Å². The van der Waals surface area contributed by atoms with Crippen molar-refractivity contribution in [2.75, 3.05) is 7.11 Å². The summed E-state index contributed by atoms with van der Waals surface area (Å²) >= 11 is 0. The van der Waals surface area contributed by atoms with E-state index in [1.807, 2.05) is 13.8 Å². The van der Waals surface area contributed by atoms with Gasteiger partial charge in [0.25, 0.3) is 0 Å². The molecule has 0 fully saturated rings. The van der Waals surface area contributed by atoms with Crippen LogP contribution in [0, 0.1) is 19.8 Å². The van der Waals surface area contributed by atoms with Crippen LogP contribution in [0.4, 0.5) is 0 Å². The molecule has 0 aliphatic carbocycles. The highest BCUT2D eigenvalue weighted by Gasteiger charge is 2.32. The number of carbonyl (C=O) groups excluding carboxylic acids is 3. The molecule has 96 valence electrons. The summed E-state index contributed by atoms with van der Waals surface area (Å²) in [5.74, 6) is -3.20. The highest BCUT2D eigenvalue weighted by molar-refractivity contribution is 6.22. The summed E-state index contributed by atoms with van der Waals surface area (Å²) in [5, 5.41) is 0. The molecule has 1 atom stereocenters. The molecule has 1 aromatic rings. The molecule has 0 unspecified atom stereocenters. The lowest BCUT2D eigenvalue weighted by Crippen LogP contribution is -2.31. The smallest absolute Gasteiger partial charge is 0.324 e. The Bertz CT molecular complexity index is 503. The number of methoxy groups -OCH3 is 1. The predicted molar refractivity (Wildman–Crippen MR) is 66.4 cm³/mol. The molecule has 4 nitrogen and oxygen atoms in total. The highest BCUT2D eigenvalue weighted by atomic mass is 16.5. The normalized spacial score (nSPS) is 11.8. The summed E-state index contributed by atoms with van der Waals surface area (Å²) < 4.78 is 4.49. The quantitative estimate of drug-likeness (QED) is 0.463. The predicted octanol–water partition coefficient (Wildman–Crippen LogP) is 1.86. The molecule has 0 N–H and O–H groups in total. The molecule has 18 heavy (non-hydrogen) atoms. The van der Waals surface area contributed by atoms with Crippen molar-refractivity contribution in [2.24, 2.45) is 5.92 Å². The second kappa shape index (κ2) is 5.58. The van der Waals surface area contributed by atoms with E-state index in [4.69, 9.17) is 0 Å². The van der Waals surface area contributed by atoms with Crippen molar-refractivity contribution in [3.63, 3.8) is 0 Å². The van der Waals surface area contributed by atoms with E-state index in [0.717, 1.165) is 18.2 Å². The maximum atomic E-state index is 12.1. The van der Waals surface area contributed by atoms with Gasteiger partial charge in [-0.15, -0.1) is 0 Å². The van der Waals surface area contributed by atoms with Crippen molar-refractivity contribution >= 4 is 17.5 Å². The number of hydrogen-bond donors (Lipinski definition) is 0. The van der Waals surface area contributed by atoms with Crippen molar-refractivity contribution < 1.29 is 19.1 Å². The number of esters is 1.